The molecular weight excluding hydrogens is 622 g/mol. The monoisotopic (exact) mass is 666 g/mol. The van der Waals surface area contributed by atoms with Gasteiger partial charge in [0.1, 0.15) is 0 Å². The van der Waals surface area contributed by atoms with Crippen LogP contribution in [0.5, 0.6) is 0 Å². The van der Waals surface area contributed by atoms with E-state index in [1.807, 2.05) is 0 Å². The topological polar surface area (TPSA) is 0 Å². The van der Waals surface area contributed by atoms with Crippen LogP contribution in [0.1, 0.15) is 40.3 Å². The van der Waals surface area contributed by atoms with E-state index in [1.54, 1.807) is 43.5 Å². The first-order chi connectivity index (χ1) is 21.5. The van der Waals surface area contributed by atoms with E-state index in [4.69, 9.17) is 0 Å². The van der Waals surface area contributed by atoms with Gasteiger partial charge in [0.05, 0.1) is 0 Å². The Morgan fingerprint density at radius 1 is 0.556 bits per heavy atom. The van der Waals surface area contributed by atoms with Gasteiger partial charge >= 0.3 is 263 Å². The average Bonchev–Trinajstić information content (AvgIpc) is 3.95. The van der Waals surface area contributed by atoms with E-state index in [1.165, 1.54) is 49.7 Å². The molecule has 10 heterocycles. The molecule has 0 bridgehead atoms. The third-order valence-electron chi connectivity index (χ3n) is 22.0. The second-order valence-corrected chi connectivity index (χ2v) is 47.8. The van der Waals surface area contributed by atoms with Crippen molar-refractivity contribution in [3.05, 3.63) is 118 Å². The fourth-order valence-electron chi connectivity index (χ4n) is 23.9. The molecule has 0 radical (unpaired) electrons. The van der Waals surface area contributed by atoms with Crippen LogP contribution in [0.25, 0.3) is 0 Å². The van der Waals surface area contributed by atoms with Crippen molar-refractivity contribution in [1.29, 1.82) is 0 Å². The molecule has 230 valence electrons. The molecule has 10 aliphatic heterocycles. The summed E-state index contributed by atoms with van der Waals surface area (Å²) in [5, 5.41) is 6.97. The summed E-state index contributed by atoms with van der Waals surface area (Å²) in [5.74, 6) is 0. The minimum atomic E-state index is -3.92. The van der Waals surface area contributed by atoms with Crippen LogP contribution in [-0.2, 0) is 6.51 Å². The van der Waals surface area contributed by atoms with Crippen LogP contribution in [0.4, 0.5) is 0 Å². The van der Waals surface area contributed by atoms with Crippen molar-refractivity contribution in [2.24, 2.45) is 0 Å². The van der Waals surface area contributed by atoms with Crippen molar-refractivity contribution in [3.8, 4) is 0 Å². The summed E-state index contributed by atoms with van der Waals surface area (Å²) < 4.78 is 1.45. The molecule has 0 saturated carbocycles. The zero-order chi connectivity index (χ0) is 30.3. The number of hydrogen-bond donors (Lipinski definition) is 0. The van der Waals surface area contributed by atoms with Crippen molar-refractivity contribution in [3.63, 3.8) is 0 Å². The van der Waals surface area contributed by atoms with Crippen molar-refractivity contribution in [1.82, 2.24) is 0 Å². The van der Waals surface area contributed by atoms with Crippen LogP contribution in [0.2, 0.25) is 42.8 Å². The zero-order valence-electron chi connectivity index (χ0n) is 27.5. The summed E-state index contributed by atoms with van der Waals surface area (Å²) in [6.07, 6.45) is 0. The number of aryl methyl sites for hydroxylation is 6. The Hall–Kier alpha value is -1.74. The van der Waals surface area contributed by atoms with Gasteiger partial charge in [0, 0.05) is 0 Å². The summed E-state index contributed by atoms with van der Waals surface area (Å²) >= 11 is 0. The predicted molar refractivity (Wildman–Crippen MR) is 191 cm³/mol. The molecule has 4 aromatic carbocycles. The summed E-state index contributed by atoms with van der Waals surface area (Å²) in [5.41, 5.74) is 9.93. The number of rotatable bonds is 7. The van der Waals surface area contributed by atoms with Gasteiger partial charge in [-0.15, -0.1) is 0 Å². The summed E-state index contributed by atoms with van der Waals surface area (Å²) in [6.45, 7) is 13.5. The molecule has 0 aliphatic carbocycles. The first kappa shape index (κ1) is 24.4. The van der Waals surface area contributed by atoms with Gasteiger partial charge in [-0.3, -0.25) is 0 Å². The van der Waals surface area contributed by atoms with Gasteiger partial charge in [0.2, 0.25) is 0 Å². The molecule has 0 aromatic heterocycles. The van der Waals surface area contributed by atoms with Crippen LogP contribution in [-0.4, -0.2) is 9.71 Å². The molecule has 6 atom stereocenters. The van der Waals surface area contributed by atoms with Gasteiger partial charge in [-0.25, -0.2) is 0 Å². The summed E-state index contributed by atoms with van der Waals surface area (Å²) in [4.78, 5) is 10.2. The molecule has 10 aliphatic rings. The first-order valence-corrected chi connectivity index (χ1v) is 26.5. The van der Waals surface area contributed by atoms with Crippen molar-refractivity contribution in [2.45, 2.75) is 101 Å². The SMILES string of the molecule is Cc1cc(C)c(P(c2c(C)cc(C)cc2C)C(C)[C@]23[CH]4[CH]5[CH]6[C]2(P(c2ccccc2)c2ccccc2)[Fe]56432789[CH]3[CH]2[CH]7[CH]8[CH]39)c(C)c1. The van der Waals surface area contributed by atoms with E-state index in [2.05, 4.69) is 133 Å². The average molecular weight is 667 g/mol. The Morgan fingerprint density at radius 3 is 1.31 bits per heavy atom. The molecule has 45 heavy (non-hydrogen) atoms. The van der Waals surface area contributed by atoms with E-state index >= 15 is 0 Å². The number of fused-ring (bicyclic) bond motifs is 10. The van der Waals surface area contributed by atoms with Crippen molar-refractivity contribution in [2.75, 3.05) is 0 Å². The van der Waals surface area contributed by atoms with Crippen LogP contribution < -0.4 is 21.2 Å². The van der Waals surface area contributed by atoms with Crippen molar-refractivity contribution < 1.29 is 6.51 Å². The van der Waals surface area contributed by atoms with Crippen molar-refractivity contribution >= 4 is 37.1 Å². The molecule has 0 N–H and O–H groups in total. The molecule has 4 aromatic rings. The normalized spacial score (nSPS) is 54.9. The molecule has 3 heteroatoms. The van der Waals surface area contributed by atoms with E-state index in [9.17, 15) is 0 Å². The Morgan fingerprint density at radius 2 is 0.956 bits per heavy atom. The quantitative estimate of drug-likeness (QED) is 0.136. The first-order valence-electron chi connectivity index (χ1n) is 17.5. The molecule has 14 rings (SSSR count). The second-order valence-electron chi connectivity index (χ2n) is 19.3. The van der Waals surface area contributed by atoms with Crippen LogP contribution in [0, 0.1) is 41.5 Å². The van der Waals surface area contributed by atoms with Crippen LogP contribution in [0.3, 0.4) is 0 Å². The van der Waals surface area contributed by atoms with Gasteiger partial charge in [0.25, 0.3) is 0 Å². The maximum absolute atomic E-state index is 3.92. The maximum atomic E-state index is 2.90. The van der Waals surface area contributed by atoms with Gasteiger partial charge in [-0.1, -0.05) is 0 Å². The molecule has 10 fully saturated rings. The fraction of sp³-hybridized carbons (Fsp3) is 0.429. The second kappa shape index (κ2) is 4.11. The van der Waals surface area contributed by atoms with Gasteiger partial charge in [-0.2, -0.15) is 0 Å². The summed E-state index contributed by atoms with van der Waals surface area (Å²) in [6, 6.07) is 34.5. The third kappa shape index (κ3) is 0.735. The minimum absolute atomic E-state index is 0.342. The number of benzene rings is 4. The Kier molecular flexibility index (Phi) is 2.23. The number of hydrogen-bond acceptors (Lipinski definition) is 0. The van der Waals surface area contributed by atoms with E-state index in [0.29, 0.717) is 0 Å². The molecule has 10 saturated heterocycles. The molecule has 0 nitrogen and oxygen atoms in total. The van der Waals surface area contributed by atoms with Gasteiger partial charge < -0.3 is 0 Å². The van der Waals surface area contributed by atoms with Crippen LogP contribution in [0.15, 0.2) is 84.9 Å². The summed E-state index contributed by atoms with van der Waals surface area (Å²) in [7, 11) is -0.818. The van der Waals surface area contributed by atoms with Crippen LogP contribution >= 0.6 is 15.8 Å². The Balaban J connectivity index is 1.09. The third-order valence-corrected chi connectivity index (χ3v) is 76.0. The zero-order valence-corrected chi connectivity index (χ0v) is 30.4. The van der Waals surface area contributed by atoms with E-state index < -0.39 is 14.4 Å². The van der Waals surface area contributed by atoms with Gasteiger partial charge in [-0.05, 0) is 0 Å². The molecule has 5 unspecified atom stereocenters. The Bertz CT molecular complexity index is 2360. The fourth-order valence-corrected chi connectivity index (χ4v) is 122. The molecular formula is C42H44FeP2. The van der Waals surface area contributed by atoms with Gasteiger partial charge in [0.15, 0.2) is 0 Å². The van der Waals surface area contributed by atoms with E-state index in [0.717, 1.165) is 14.0 Å². The Labute approximate surface area is 261 Å². The molecule has 1 spiro atoms. The predicted octanol–water partition coefficient (Wildman–Crippen LogP) is 10.2. The standard InChI is InChI=1S/C37H39P2.C5H5.Fe/c1-25-21-27(3)36(28(4)22-25)38(37-29(5)23-26(2)24-30(37)6)31(7)34-19-14-20-35(34)39(32-15-10-8-11-16-32)33-17-12-9-13-18-33;1-2-4-5-3-1;/h8-24,31H,1-7H3;1-5H;. The van der Waals surface area contributed by atoms with E-state index in [-0.39, 0.29) is 7.92 Å². The molecule has 0 amide bonds.